The Kier molecular flexibility index (Phi) is 5.50. The maximum Gasteiger partial charge on any atom is 0.127 e. The average molecular weight is 277 g/mol. The average Bonchev–Trinajstić information content (AvgIpc) is 2.38. The van der Waals surface area contributed by atoms with E-state index >= 15 is 0 Å². The van der Waals surface area contributed by atoms with Gasteiger partial charge in [0.25, 0.3) is 0 Å². The van der Waals surface area contributed by atoms with Crippen molar-refractivity contribution in [3.63, 3.8) is 0 Å². The highest BCUT2D eigenvalue weighted by Gasteiger charge is 2.22. The lowest BCUT2D eigenvalue weighted by atomic mass is 10.0. The van der Waals surface area contributed by atoms with E-state index in [9.17, 15) is 0 Å². The minimum atomic E-state index is -0.178. The van der Waals surface area contributed by atoms with Crippen molar-refractivity contribution in [3.8, 4) is 11.5 Å². The monoisotopic (exact) mass is 277 g/mol. The van der Waals surface area contributed by atoms with Crippen molar-refractivity contribution < 1.29 is 9.47 Å². The molecule has 0 saturated carbocycles. The van der Waals surface area contributed by atoms with Gasteiger partial charge in [-0.2, -0.15) is 0 Å². The number of benzene rings is 1. The third-order valence-corrected chi connectivity index (χ3v) is 3.82. The number of hydrogen-bond donors (Lipinski definition) is 0. The minimum absolute atomic E-state index is 0.178. The van der Waals surface area contributed by atoms with E-state index in [0.717, 1.165) is 29.9 Å². The Balaban J connectivity index is 3.10. The third kappa shape index (κ3) is 4.43. The van der Waals surface area contributed by atoms with E-state index in [2.05, 4.69) is 48.5 Å². The highest BCUT2D eigenvalue weighted by atomic mass is 16.5. The standard InChI is InChI=1S/C18H29O2/c1-8-14-15(19-17(4,5)9-2)12-11-13-16(14)20-18(6,7)10-3/h11-13H,1,8-10H2,2-7H3. The summed E-state index contributed by atoms with van der Waals surface area (Å²) in [4.78, 5) is 0. The molecule has 0 aliphatic carbocycles. The van der Waals surface area contributed by atoms with Crippen molar-refractivity contribution in [2.45, 2.75) is 72.0 Å². The van der Waals surface area contributed by atoms with Crippen LogP contribution in [0.15, 0.2) is 18.2 Å². The summed E-state index contributed by atoms with van der Waals surface area (Å²) in [6, 6.07) is 5.99. The Labute approximate surface area is 124 Å². The van der Waals surface area contributed by atoms with Crippen LogP contribution in [-0.4, -0.2) is 11.2 Å². The molecule has 0 aliphatic heterocycles. The van der Waals surface area contributed by atoms with Crippen LogP contribution in [0.1, 0.15) is 59.9 Å². The third-order valence-electron chi connectivity index (χ3n) is 3.82. The van der Waals surface area contributed by atoms with Crippen molar-refractivity contribution in [1.82, 2.24) is 0 Å². The molecule has 0 amide bonds. The van der Waals surface area contributed by atoms with Gasteiger partial charge in [0, 0.05) is 5.56 Å². The molecule has 0 saturated heterocycles. The zero-order valence-corrected chi connectivity index (χ0v) is 13.9. The van der Waals surface area contributed by atoms with Crippen molar-refractivity contribution in [2.24, 2.45) is 0 Å². The van der Waals surface area contributed by atoms with Crippen LogP contribution in [0.3, 0.4) is 0 Å². The van der Waals surface area contributed by atoms with Gasteiger partial charge in [0.15, 0.2) is 0 Å². The fourth-order valence-electron chi connectivity index (χ4n) is 1.72. The molecule has 1 aromatic rings. The van der Waals surface area contributed by atoms with Crippen LogP contribution >= 0.6 is 0 Å². The molecular formula is C18H29O2. The highest BCUT2D eigenvalue weighted by molar-refractivity contribution is 5.45. The predicted molar refractivity (Wildman–Crippen MR) is 85.5 cm³/mol. The number of ether oxygens (including phenoxy) is 2. The van der Waals surface area contributed by atoms with Gasteiger partial charge in [-0.05, 0) is 66.0 Å². The fraction of sp³-hybridized carbons (Fsp3) is 0.611. The van der Waals surface area contributed by atoms with E-state index in [1.54, 1.807) is 0 Å². The first-order valence-electron chi connectivity index (χ1n) is 7.54. The first-order valence-corrected chi connectivity index (χ1v) is 7.54. The maximum atomic E-state index is 6.14. The highest BCUT2D eigenvalue weighted by Crippen LogP contribution is 2.34. The van der Waals surface area contributed by atoms with E-state index in [1.807, 2.05) is 18.2 Å². The molecule has 0 heterocycles. The maximum absolute atomic E-state index is 6.14. The first kappa shape index (κ1) is 16.9. The molecule has 0 spiro atoms. The molecule has 0 atom stereocenters. The molecule has 0 N–H and O–H groups in total. The van der Waals surface area contributed by atoms with Gasteiger partial charge in [-0.25, -0.2) is 0 Å². The lowest BCUT2D eigenvalue weighted by Crippen LogP contribution is -2.29. The lowest BCUT2D eigenvalue weighted by Gasteiger charge is -2.29. The normalized spacial score (nSPS) is 12.3. The molecule has 113 valence electrons. The van der Waals surface area contributed by atoms with Crippen LogP contribution in [0, 0.1) is 6.92 Å². The molecule has 2 heteroatoms. The Hall–Kier alpha value is -1.18. The van der Waals surface area contributed by atoms with Gasteiger partial charge in [-0.1, -0.05) is 19.9 Å². The molecule has 1 aromatic carbocycles. The SMILES string of the molecule is [CH2]Cc1c(OC(C)(C)CC)cccc1OC(C)(C)CC. The Morgan fingerprint density at radius 2 is 1.30 bits per heavy atom. The topological polar surface area (TPSA) is 18.5 Å². The molecule has 0 aliphatic rings. The first-order chi connectivity index (χ1) is 9.24. The molecule has 0 unspecified atom stereocenters. The summed E-state index contributed by atoms with van der Waals surface area (Å²) >= 11 is 0. The second-order valence-electron chi connectivity index (χ2n) is 6.41. The summed E-state index contributed by atoms with van der Waals surface area (Å²) in [7, 11) is 0. The van der Waals surface area contributed by atoms with E-state index in [-0.39, 0.29) is 11.2 Å². The van der Waals surface area contributed by atoms with Crippen molar-refractivity contribution >= 4 is 0 Å². The van der Waals surface area contributed by atoms with Crippen LogP contribution in [-0.2, 0) is 6.42 Å². The number of hydrogen-bond acceptors (Lipinski definition) is 2. The van der Waals surface area contributed by atoms with Crippen molar-refractivity contribution in [3.05, 3.63) is 30.7 Å². The summed E-state index contributed by atoms with van der Waals surface area (Å²) in [5.74, 6) is 1.77. The van der Waals surface area contributed by atoms with E-state index < -0.39 is 0 Å². The van der Waals surface area contributed by atoms with E-state index in [4.69, 9.17) is 9.47 Å². The molecule has 20 heavy (non-hydrogen) atoms. The zero-order chi connectivity index (χ0) is 15.4. The summed E-state index contributed by atoms with van der Waals surface area (Å²) in [6.45, 7) is 16.7. The second-order valence-corrected chi connectivity index (χ2v) is 6.41. The van der Waals surface area contributed by atoms with E-state index in [1.165, 1.54) is 0 Å². The zero-order valence-electron chi connectivity index (χ0n) is 13.9. The minimum Gasteiger partial charge on any atom is -0.487 e. The lowest BCUT2D eigenvalue weighted by molar-refractivity contribution is 0.0939. The smallest absolute Gasteiger partial charge is 0.127 e. The fourth-order valence-corrected chi connectivity index (χ4v) is 1.72. The van der Waals surface area contributed by atoms with Crippen LogP contribution in [0.25, 0.3) is 0 Å². The van der Waals surface area contributed by atoms with Gasteiger partial charge >= 0.3 is 0 Å². The van der Waals surface area contributed by atoms with Gasteiger partial charge in [0.1, 0.15) is 22.7 Å². The van der Waals surface area contributed by atoms with Crippen LogP contribution < -0.4 is 9.47 Å². The second kappa shape index (κ2) is 6.51. The van der Waals surface area contributed by atoms with Crippen molar-refractivity contribution in [1.29, 1.82) is 0 Å². The van der Waals surface area contributed by atoms with Gasteiger partial charge in [-0.15, -0.1) is 0 Å². The van der Waals surface area contributed by atoms with Gasteiger partial charge in [0.2, 0.25) is 0 Å². The summed E-state index contributed by atoms with van der Waals surface area (Å²) in [5.41, 5.74) is 0.696. The summed E-state index contributed by atoms with van der Waals surface area (Å²) in [6.07, 6.45) is 2.56. The van der Waals surface area contributed by atoms with Crippen LogP contribution in [0.5, 0.6) is 11.5 Å². The Morgan fingerprint density at radius 1 is 0.900 bits per heavy atom. The molecule has 1 radical (unpaired) electrons. The van der Waals surface area contributed by atoms with Crippen LogP contribution in [0.4, 0.5) is 0 Å². The molecule has 0 bridgehead atoms. The summed E-state index contributed by atoms with van der Waals surface area (Å²) in [5, 5.41) is 0. The van der Waals surface area contributed by atoms with Gasteiger partial charge in [0.05, 0.1) is 0 Å². The van der Waals surface area contributed by atoms with E-state index in [0.29, 0.717) is 6.42 Å². The largest absolute Gasteiger partial charge is 0.487 e. The number of rotatable bonds is 7. The molecule has 0 fully saturated rings. The Morgan fingerprint density at radius 3 is 1.60 bits per heavy atom. The van der Waals surface area contributed by atoms with Gasteiger partial charge in [-0.3, -0.25) is 0 Å². The Bertz CT molecular complexity index is 397. The summed E-state index contributed by atoms with van der Waals surface area (Å²) < 4.78 is 12.3. The van der Waals surface area contributed by atoms with Gasteiger partial charge < -0.3 is 9.47 Å². The molecule has 2 nitrogen and oxygen atoms in total. The van der Waals surface area contributed by atoms with Crippen LogP contribution in [0.2, 0.25) is 0 Å². The molecule has 0 aromatic heterocycles. The van der Waals surface area contributed by atoms with Crippen molar-refractivity contribution in [2.75, 3.05) is 0 Å². The molecule has 1 rings (SSSR count). The quantitative estimate of drug-likeness (QED) is 0.682. The molecular weight excluding hydrogens is 248 g/mol. The predicted octanol–water partition coefficient (Wildman–Crippen LogP) is 5.20.